The van der Waals surface area contributed by atoms with Gasteiger partial charge in [-0.3, -0.25) is 4.79 Å². The molecule has 32 heavy (non-hydrogen) atoms. The lowest BCUT2D eigenvalue weighted by molar-refractivity contribution is -0.119. The molecule has 0 saturated heterocycles. The van der Waals surface area contributed by atoms with Crippen LogP contribution in [-0.2, 0) is 9.53 Å². The molecule has 180 valence electrons. The molecule has 1 heterocycles. The molecule has 0 aromatic heterocycles. The van der Waals surface area contributed by atoms with Gasteiger partial charge in [0.1, 0.15) is 28.9 Å². The zero-order valence-electron chi connectivity index (χ0n) is 20.0. The van der Waals surface area contributed by atoms with Crippen molar-refractivity contribution in [2.75, 3.05) is 13.7 Å². The first-order chi connectivity index (χ1) is 15.5. The Morgan fingerprint density at radius 2 is 1.78 bits per heavy atom. The standard InChI is InChI=1S/C26H40O6/c1-4-16-31-21-17-22-23(32-26(29)25(22)24(18-21)30-3)13-11-9-7-5-6-8-10-12-20(28)15-14-19(2)27/h17-19,23,27H,4-16H2,1-3H3. The van der Waals surface area contributed by atoms with Gasteiger partial charge in [0.05, 0.1) is 19.8 Å². The zero-order valence-corrected chi connectivity index (χ0v) is 20.0. The zero-order chi connectivity index (χ0) is 23.3. The van der Waals surface area contributed by atoms with E-state index in [1.807, 2.05) is 6.07 Å². The van der Waals surface area contributed by atoms with E-state index in [1.54, 1.807) is 20.1 Å². The molecule has 0 radical (unpaired) electrons. The molecule has 0 amide bonds. The van der Waals surface area contributed by atoms with Crippen molar-refractivity contribution in [3.05, 3.63) is 23.3 Å². The molecule has 0 bridgehead atoms. The number of methoxy groups -OCH3 is 1. The van der Waals surface area contributed by atoms with Crippen molar-refractivity contribution in [3.8, 4) is 11.5 Å². The third kappa shape index (κ3) is 8.45. The number of Topliss-reactive ketones (excluding diaryl/α,β-unsaturated/α-hetero) is 1. The first-order valence-electron chi connectivity index (χ1n) is 12.2. The highest BCUT2D eigenvalue weighted by Crippen LogP contribution is 2.41. The van der Waals surface area contributed by atoms with Crippen LogP contribution < -0.4 is 9.47 Å². The molecule has 0 aliphatic carbocycles. The van der Waals surface area contributed by atoms with Crippen molar-refractivity contribution in [1.29, 1.82) is 0 Å². The number of esters is 1. The maximum atomic E-state index is 12.4. The fraction of sp³-hybridized carbons (Fsp3) is 0.692. The summed E-state index contributed by atoms with van der Waals surface area (Å²) < 4.78 is 16.8. The summed E-state index contributed by atoms with van der Waals surface area (Å²) in [5.74, 6) is 1.18. The Hall–Kier alpha value is -2.08. The summed E-state index contributed by atoms with van der Waals surface area (Å²) in [5.41, 5.74) is 1.41. The molecule has 2 atom stereocenters. The van der Waals surface area contributed by atoms with Crippen LogP contribution in [0, 0.1) is 0 Å². The topological polar surface area (TPSA) is 82.1 Å². The Morgan fingerprint density at radius 3 is 2.44 bits per heavy atom. The summed E-state index contributed by atoms with van der Waals surface area (Å²) in [4.78, 5) is 24.1. The number of ketones is 1. The van der Waals surface area contributed by atoms with Crippen LogP contribution in [0.25, 0.3) is 0 Å². The van der Waals surface area contributed by atoms with Crippen LogP contribution >= 0.6 is 0 Å². The largest absolute Gasteiger partial charge is 0.496 e. The van der Waals surface area contributed by atoms with E-state index in [0.29, 0.717) is 37.2 Å². The maximum absolute atomic E-state index is 12.4. The van der Waals surface area contributed by atoms with E-state index in [0.717, 1.165) is 69.1 Å². The number of hydrogen-bond acceptors (Lipinski definition) is 6. The molecular formula is C26H40O6. The molecular weight excluding hydrogens is 408 g/mol. The van der Waals surface area contributed by atoms with Gasteiger partial charge in [0, 0.05) is 24.5 Å². The van der Waals surface area contributed by atoms with Gasteiger partial charge in [0.15, 0.2) is 0 Å². The third-order valence-corrected chi connectivity index (χ3v) is 5.86. The van der Waals surface area contributed by atoms with E-state index in [2.05, 4.69) is 6.92 Å². The highest BCUT2D eigenvalue weighted by Gasteiger charge is 2.34. The number of aliphatic hydroxyl groups excluding tert-OH is 1. The van der Waals surface area contributed by atoms with Crippen molar-refractivity contribution in [3.63, 3.8) is 0 Å². The predicted octanol–water partition coefficient (Wildman–Crippen LogP) is 5.94. The molecule has 0 fully saturated rings. The van der Waals surface area contributed by atoms with Gasteiger partial charge in [-0.2, -0.15) is 0 Å². The van der Waals surface area contributed by atoms with Gasteiger partial charge < -0.3 is 19.3 Å². The second-order valence-electron chi connectivity index (χ2n) is 8.77. The summed E-state index contributed by atoms with van der Waals surface area (Å²) >= 11 is 0. The molecule has 0 spiro atoms. The first-order valence-corrected chi connectivity index (χ1v) is 12.2. The molecule has 1 aliphatic heterocycles. The van der Waals surface area contributed by atoms with Gasteiger partial charge in [-0.05, 0) is 45.1 Å². The van der Waals surface area contributed by atoms with E-state index in [4.69, 9.17) is 14.2 Å². The smallest absolute Gasteiger partial charge is 0.342 e. The fourth-order valence-electron chi connectivity index (χ4n) is 4.04. The molecule has 1 aromatic rings. The Labute approximate surface area is 192 Å². The van der Waals surface area contributed by atoms with Crippen LogP contribution in [0.3, 0.4) is 0 Å². The maximum Gasteiger partial charge on any atom is 0.342 e. The van der Waals surface area contributed by atoms with Crippen LogP contribution in [0.2, 0.25) is 0 Å². The number of cyclic esters (lactones) is 1. The minimum Gasteiger partial charge on any atom is -0.496 e. The highest BCUT2D eigenvalue weighted by molar-refractivity contribution is 5.97. The van der Waals surface area contributed by atoms with Gasteiger partial charge in [-0.15, -0.1) is 0 Å². The number of aliphatic hydroxyl groups is 1. The van der Waals surface area contributed by atoms with Gasteiger partial charge in [-0.1, -0.05) is 39.0 Å². The Kier molecular flexibility index (Phi) is 11.6. The summed E-state index contributed by atoms with van der Waals surface area (Å²) in [6.45, 7) is 4.40. The molecule has 6 nitrogen and oxygen atoms in total. The van der Waals surface area contributed by atoms with Gasteiger partial charge in [-0.25, -0.2) is 4.79 Å². The lowest BCUT2D eigenvalue weighted by Crippen LogP contribution is -2.05. The molecule has 1 aromatic carbocycles. The lowest BCUT2D eigenvalue weighted by Gasteiger charge is -2.13. The summed E-state index contributed by atoms with van der Waals surface area (Å²) in [7, 11) is 1.56. The van der Waals surface area contributed by atoms with E-state index < -0.39 is 6.10 Å². The molecule has 1 aliphatic rings. The number of carbonyl (C=O) groups is 2. The van der Waals surface area contributed by atoms with E-state index in [1.165, 1.54) is 0 Å². The first kappa shape index (κ1) is 26.2. The van der Waals surface area contributed by atoms with Crippen LogP contribution in [0.1, 0.15) is 113 Å². The Bertz CT molecular complexity index is 727. The molecule has 6 heteroatoms. The highest BCUT2D eigenvalue weighted by atomic mass is 16.6. The van der Waals surface area contributed by atoms with Crippen molar-refractivity contribution in [2.45, 2.75) is 103 Å². The number of unbranched alkanes of at least 4 members (excludes halogenated alkanes) is 6. The van der Waals surface area contributed by atoms with Crippen LogP contribution in [0.4, 0.5) is 0 Å². The van der Waals surface area contributed by atoms with Crippen LogP contribution in [0.15, 0.2) is 12.1 Å². The molecule has 1 N–H and O–H groups in total. The van der Waals surface area contributed by atoms with Crippen molar-refractivity contribution in [1.82, 2.24) is 0 Å². The number of ether oxygens (including phenoxy) is 3. The predicted molar refractivity (Wildman–Crippen MR) is 124 cm³/mol. The third-order valence-electron chi connectivity index (χ3n) is 5.86. The molecule has 2 unspecified atom stereocenters. The van der Waals surface area contributed by atoms with Gasteiger partial charge in [0.25, 0.3) is 0 Å². The van der Waals surface area contributed by atoms with Crippen molar-refractivity contribution in [2.24, 2.45) is 0 Å². The fourth-order valence-corrected chi connectivity index (χ4v) is 4.04. The average molecular weight is 449 g/mol. The normalized spacial score (nSPS) is 15.9. The second-order valence-corrected chi connectivity index (χ2v) is 8.77. The lowest BCUT2D eigenvalue weighted by atomic mass is 9.98. The summed E-state index contributed by atoms with van der Waals surface area (Å²) in [5, 5.41) is 9.22. The number of carbonyl (C=O) groups excluding carboxylic acids is 2. The summed E-state index contributed by atoms with van der Waals surface area (Å²) in [6, 6.07) is 3.68. The van der Waals surface area contributed by atoms with Crippen LogP contribution in [-0.4, -0.2) is 36.7 Å². The van der Waals surface area contributed by atoms with Crippen molar-refractivity contribution < 1.29 is 28.9 Å². The Morgan fingerprint density at radius 1 is 1.09 bits per heavy atom. The van der Waals surface area contributed by atoms with Crippen LogP contribution in [0.5, 0.6) is 11.5 Å². The minimum atomic E-state index is -0.390. The monoisotopic (exact) mass is 448 g/mol. The average Bonchev–Trinajstić information content (AvgIpc) is 3.09. The summed E-state index contributed by atoms with van der Waals surface area (Å²) in [6.07, 6.45) is 10.3. The SMILES string of the molecule is CCCOc1cc(OC)c2c(c1)C(CCCCCCCCCC(=O)CCC(C)O)OC2=O. The molecule has 0 saturated carbocycles. The number of fused-ring (bicyclic) bond motifs is 1. The number of benzene rings is 1. The number of rotatable bonds is 17. The second kappa shape index (κ2) is 14.1. The van der Waals surface area contributed by atoms with Gasteiger partial charge >= 0.3 is 5.97 Å². The minimum absolute atomic E-state index is 0.232. The van der Waals surface area contributed by atoms with E-state index in [-0.39, 0.29) is 17.9 Å². The van der Waals surface area contributed by atoms with E-state index >= 15 is 0 Å². The van der Waals surface area contributed by atoms with Crippen molar-refractivity contribution >= 4 is 11.8 Å². The quantitative estimate of drug-likeness (QED) is 0.235. The Balaban J connectivity index is 1.66. The van der Waals surface area contributed by atoms with Gasteiger partial charge in [0.2, 0.25) is 0 Å². The number of hydrogen-bond donors (Lipinski definition) is 1. The van der Waals surface area contributed by atoms with E-state index in [9.17, 15) is 14.7 Å². The molecule has 2 rings (SSSR count).